The molecule has 1 unspecified atom stereocenters. The number of anilines is 1. The molecule has 0 aliphatic carbocycles. The van der Waals surface area contributed by atoms with E-state index in [1.165, 1.54) is 16.0 Å². The van der Waals surface area contributed by atoms with Crippen LogP contribution >= 0.6 is 0 Å². The topological polar surface area (TPSA) is 119 Å². The van der Waals surface area contributed by atoms with Crippen molar-refractivity contribution in [3.8, 4) is 11.6 Å². The van der Waals surface area contributed by atoms with E-state index >= 15 is 0 Å². The summed E-state index contributed by atoms with van der Waals surface area (Å²) in [5, 5.41) is 15.2. The number of benzene rings is 1. The largest absolute Gasteiger partial charge is 0.467 e. The Morgan fingerprint density at radius 1 is 1.09 bits per heavy atom. The molecule has 1 atom stereocenters. The number of aryl methyl sites for hydroxylation is 1. The molecule has 0 fully saturated rings. The Morgan fingerprint density at radius 2 is 1.85 bits per heavy atom. The summed E-state index contributed by atoms with van der Waals surface area (Å²) in [6.45, 7) is 7.18. The highest BCUT2D eigenvalue weighted by atomic mass is 16.3. The van der Waals surface area contributed by atoms with Crippen molar-refractivity contribution in [3.05, 3.63) is 72.4 Å². The lowest BCUT2D eigenvalue weighted by atomic mass is 10.1. The summed E-state index contributed by atoms with van der Waals surface area (Å²) in [5.41, 5.74) is 0.0107. The van der Waals surface area contributed by atoms with Crippen molar-refractivity contribution in [1.29, 1.82) is 0 Å². The zero-order valence-corrected chi connectivity index (χ0v) is 19.4. The first kappa shape index (κ1) is 23.0. The molecule has 1 N–H and O–H groups in total. The van der Waals surface area contributed by atoms with Crippen LogP contribution in [0, 0.1) is 6.92 Å². The van der Waals surface area contributed by atoms with Crippen LogP contribution in [0.1, 0.15) is 38.3 Å². The fraction of sp³-hybridized carbons (Fsp3) is 0.292. The number of carbonyl (C=O) groups excluding carboxylic acids is 2. The average molecular weight is 463 g/mol. The molecule has 0 bridgehead atoms. The van der Waals surface area contributed by atoms with E-state index in [1.54, 1.807) is 48.5 Å². The molecule has 34 heavy (non-hydrogen) atoms. The first-order chi connectivity index (χ1) is 16.2. The monoisotopic (exact) mass is 462 g/mol. The maximum Gasteiger partial charge on any atom is 0.251 e. The number of aromatic nitrogens is 4. The van der Waals surface area contributed by atoms with Crippen LogP contribution in [0.5, 0.6) is 0 Å². The summed E-state index contributed by atoms with van der Waals surface area (Å²) >= 11 is 0. The lowest BCUT2D eigenvalue weighted by Gasteiger charge is -2.32. The van der Waals surface area contributed by atoms with Gasteiger partial charge in [0.2, 0.25) is 5.82 Å². The molecule has 0 radical (unpaired) electrons. The van der Waals surface area contributed by atoms with Gasteiger partial charge in [-0.05, 0) is 69.3 Å². The smallest absolute Gasteiger partial charge is 0.251 e. The van der Waals surface area contributed by atoms with Gasteiger partial charge in [0.05, 0.1) is 6.26 Å². The van der Waals surface area contributed by atoms with E-state index in [2.05, 4.69) is 20.7 Å². The van der Waals surface area contributed by atoms with Gasteiger partial charge in [-0.15, -0.1) is 10.2 Å². The molecule has 1 aromatic carbocycles. The maximum atomic E-state index is 13.6. The van der Waals surface area contributed by atoms with Gasteiger partial charge in [0.1, 0.15) is 18.1 Å². The summed E-state index contributed by atoms with van der Waals surface area (Å²) in [4.78, 5) is 29.6. The minimum absolute atomic E-state index is 0.248. The molecular weight excluding hydrogens is 436 g/mol. The van der Waals surface area contributed by atoms with Crippen LogP contribution < -0.4 is 10.2 Å². The summed E-state index contributed by atoms with van der Waals surface area (Å²) < 4.78 is 11.1. The molecule has 0 saturated heterocycles. The number of hydrogen-bond acceptors (Lipinski definition) is 7. The average Bonchev–Trinajstić information content (AvgIpc) is 3.53. The van der Waals surface area contributed by atoms with E-state index in [4.69, 9.17) is 8.83 Å². The van der Waals surface area contributed by atoms with Gasteiger partial charge in [-0.25, -0.2) is 0 Å². The highest BCUT2D eigenvalue weighted by Crippen LogP contribution is 2.29. The van der Waals surface area contributed by atoms with E-state index in [0.29, 0.717) is 23.0 Å². The first-order valence-electron chi connectivity index (χ1n) is 10.8. The van der Waals surface area contributed by atoms with Gasteiger partial charge >= 0.3 is 0 Å². The number of hydrogen-bond donors (Lipinski definition) is 1. The second-order valence-corrected chi connectivity index (χ2v) is 8.81. The van der Waals surface area contributed by atoms with Crippen LogP contribution in [0.4, 0.5) is 5.69 Å². The third-order valence-electron chi connectivity index (χ3n) is 4.81. The second-order valence-electron chi connectivity index (χ2n) is 8.81. The molecule has 176 valence electrons. The van der Waals surface area contributed by atoms with Crippen molar-refractivity contribution in [2.75, 3.05) is 4.90 Å². The highest BCUT2D eigenvalue weighted by molar-refractivity contribution is 6.01. The van der Waals surface area contributed by atoms with Crippen LogP contribution in [0.15, 0.2) is 69.7 Å². The number of para-hydroxylation sites is 1. The van der Waals surface area contributed by atoms with Crippen LogP contribution in [-0.4, -0.2) is 37.6 Å². The van der Waals surface area contributed by atoms with E-state index in [1.807, 2.05) is 33.8 Å². The Balaban J connectivity index is 1.68. The van der Waals surface area contributed by atoms with Crippen LogP contribution in [0.3, 0.4) is 0 Å². The molecule has 0 spiro atoms. The molecular formula is C24H26N6O4. The van der Waals surface area contributed by atoms with Crippen LogP contribution in [-0.2, 0) is 16.1 Å². The Morgan fingerprint density at radius 3 is 2.47 bits per heavy atom. The second kappa shape index (κ2) is 9.34. The SMILES string of the molecule is Cc1ccc(-c2nnn(CC(=O)N(c3ccccc3)C(C(=O)NC(C)(C)C)c3ccco3)n2)o1. The van der Waals surface area contributed by atoms with E-state index in [9.17, 15) is 9.59 Å². The van der Waals surface area contributed by atoms with Crippen molar-refractivity contribution in [3.63, 3.8) is 0 Å². The summed E-state index contributed by atoms with van der Waals surface area (Å²) in [7, 11) is 0. The number of amides is 2. The van der Waals surface area contributed by atoms with Gasteiger partial charge in [0, 0.05) is 11.2 Å². The molecule has 4 aromatic rings. The van der Waals surface area contributed by atoms with Gasteiger partial charge < -0.3 is 14.2 Å². The first-order valence-corrected chi connectivity index (χ1v) is 10.8. The van der Waals surface area contributed by atoms with Crippen LogP contribution in [0.2, 0.25) is 0 Å². The molecule has 0 aliphatic heterocycles. The predicted octanol–water partition coefficient (Wildman–Crippen LogP) is 3.52. The Kier molecular flexibility index (Phi) is 6.31. The molecule has 3 aromatic heterocycles. The lowest BCUT2D eigenvalue weighted by Crippen LogP contribution is -2.50. The van der Waals surface area contributed by atoms with Crippen molar-refractivity contribution in [2.24, 2.45) is 0 Å². The molecule has 0 saturated carbocycles. The van der Waals surface area contributed by atoms with Gasteiger partial charge in [-0.1, -0.05) is 18.2 Å². The molecule has 0 aliphatic rings. The molecule has 4 rings (SSSR count). The Hall–Kier alpha value is -4.21. The fourth-order valence-electron chi connectivity index (χ4n) is 3.44. The van der Waals surface area contributed by atoms with Crippen molar-refractivity contribution < 1.29 is 18.4 Å². The summed E-state index contributed by atoms with van der Waals surface area (Å²) in [5.74, 6) is 0.963. The van der Waals surface area contributed by atoms with Crippen molar-refractivity contribution in [1.82, 2.24) is 25.5 Å². The Labute approximate surface area is 196 Å². The fourth-order valence-corrected chi connectivity index (χ4v) is 3.44. The number of nitrogens with one attached hydrogen (secondary N) is 1. The number of rotatable bonds is 7. The minimum Gasteiger partial charge on any atom is -0.467 e. The number of carbonyl (C=O) groups is 2. The van der Waals surface area contributed by atoms with Gasteiger partial charge in [-0.3, -0.25) is 14.5 Å². The lowest BCUT2D eigenvalue weighted by molar-refractivity contribution is -0.128. The number of furan rings is 2. The van der Waals surface area contributed by atoms with E-state index < -0.39 is 17.5 Å². The predicted molar refractivity (Wildman–Crippen MR) is 124 cm³/mol. The van der Waals surface area contributed by atoms with Gasteiger partial charge in [0.25, 0.3) is 11.8 Å². The zero-order chi connectivity index (χ0) is 24.3. The third kappa shape index (κ3) is 5.22. The van der Waals surface area contributed by atoms with Crippen LogP contribution in [0.25, 0.3) is 11.6 Å². The van der Waals surface area contributed by atoms with Gasteiger partial charge in [-0.2, -0.15) is 4.80 Å². The molecule has 10 heteroatoms. The molecule has 10 nitrogen and oxygen atoms in total. The summed E-state index contributed by atoms with van der Waals surface area (Å²) in [6.07, 6.45) is 1.47. The highest BCUT2D eigenvalue weighted by Gasteiger charge is 2.36. The zero-order valence-electron chi connectivity index (χ0n) is 19.4. The van der Waals surface area contributed by atoms with Crippen molar-refractivity contribution >= 4 is 17.5 Å². The molecule has 2 amide bonds. The quantitative estimate of drug-likeness (QED) is 0.446. The number of nitrogens with zero attached hydrogens (tertiary/aromatic N) is 5. The van der Waals surface area contributed by atoms with E-state index in [-0.39, 0.29) is 18.3 Å². The van der Waals surface area contributed by atoms with E-state index in [0.717, 1.165) is 0 Å². The van der Waals surface area contributed by atoms with Crippen molar-refractivity contribution in [2.45, 2.75) is 45.8 Å². The van der Waals surface area contributed by atoms with Gasteiger partial charge in [0.15, 0.2) is 11.8 Å². The Bertz CT molecular complexity index is 1250. The molecule has 3 heterocycles. The maximum absolute atomic E-state index is 13.6. The minimum atomic E-state index is -1.04. The third-order valence-corrected chi connectivity index (χ3v) is 4.81. The summed E-state index contributed by atoms with van der Waals surface area (Å²) in [6, 6.07) is 14.8. The number of tetrazole rings is 1. The normalized spacial score (nSPS) is 12.4. The standard InChI is InChI=1S/C24H26N6O4/c1-16-12-13-19(34-16)22-26-28-29(27-22)15-20(31)30(17-9-6-5-7-10-17)21(18-11-8-14-33-18)23(32)25-24(2,3)4/h5-14,21H,15H2,1-4H3,(H,25,32).